The highest BCUT2D eigenvalue weighted by molar-refractivity contribution is 7.89. The highest BCUT2D eigenvalue weighted by atomic mass is 32.2. The summed E-state index contributed by atoms with van der Waals surface area (Å²) in [6.07, 6.45) is -1.62. The van der Waals surface area contributed by atoms with E-state index in [1.165, 1.54) is 0 Å². The van der Waals surface area contributed by atoms with E-state index in [1.54, 1.807) is 20.8 Å². The molecule has 1 amide bonds. The molecule has 13 heteroatoms. The zero-order valence-electron chi connectivity index (χ0n) is 22.2. The first-order valence-electron chi connectivity index (χ1n) is 12.6. The normalized spacial score (nSPS) is 16.4. The summed E-state index contributed by atoms with van der Waals surface area (Å²) < 4.78 is 38.6. The number of alkyl carbamates (subject to hydrolysis) is 1. The molecule has 2 aromatic carbocycles. The van der Waals surface area contributed by atoms with E-state index >= 15 is 0 Å². The molecule has 1 saturated heterocycles. The Morgan fingerprint density at radius 2 is 1.77 bits per heavy atom. The van der Waals surface area contributed by atoms with Crippen LogP contribution in [-0.4, -0.2) is 72.6 Å². The van der Waals surface area contributed by atoms with Gasteiger partial charge in [0.15, 0.2) is 0 Å². The molecule has 1 aliphatic rings. The van der Waals surface area contributed by atoms with Gasteiger partial charge in [0.25, 0.3) is 15.7 Å². The molecular weight excluding hydrogens is 530 g/mol. The van der Waals surface area contributed by atoms with E-state index in [1.807, 2.05) is 30.3 Å². The summed E-state index contributed by atoms with van der Waals surface area (Å²) in [7, 11) is -4.36. The first-order valence-corrected chi connectivity index (χ1v) is 14.0. The van der Waals surface area contributed by atoms with E-state index in [0.29, 0.717) is 30.5 Å². The lowest BCUT2D eigenvalue weighted by Gasteiger charge is -2.32. The highest BCUT2D eigenvalue weighted by Gasteiger charge is 2.35. The first-order chi connectivity index (χ1) is 18.3. The van der Waals surface area contributed by atoms with Crippen LogP contribution in [-0.2, 0) is 30.8 Å². The van der Waals surface area contributed by atoms with E-state index in [-0.39, 0.29) is 17.0 Å². The van der Waals surface area contributed by atoms with Crippen molar-refractivity contribution in [2.75, 3.05) is 19.8 Å². The minimum atomic E-state index is -4.36. The molecule has 0 radical (unpaired) electrons. The standard InChI is InChI=1S/C26H35N3O9S/c1-26(2,3)37-25(31)27-23(17-19-7-5-4-6-8-19)24(30)18-28(38-21-13-15-36-16-14-21)39(34,35)22-11-9-20(10-12-22)29(32)33/h4-12,21,23-24,30H,13-18H2,1-3H3,(H,27,31)/t23?,24-/m0/s1. The van der Waals surface area contributed by atoms with Gasteiger partial charge in [-0.05, 0) is 57.7 Å². The number of benzene rings is 2. The van der Waals surface area contributed by atoms with E-state index in [2.05, 4.69) is 5.32 Å². The van der Waals surface area contributed by atoms with E-state index in [0.717, 1.165) is 29.8 Å². The second-order valence-electron chi connectivity index (χ2n) is 10.2. The molecule has 0 bridgehead atoms. The van der Waals surface area contributed by atoms with Crippen LogP contribution in [0.1, 0.15) is 39.2 Å². The summed E-state index contributed by atoms with van der Waals surface area (Å²) in [5.74, 6) is 0. The largest absolute Gasteiger partial charge is 0.444 e. The molecular formula is C26H35N3O9S. The van der Waals surface area contributed by atoms with Crippen molar-refractivity contribution in [1.82, 2.24) is 9.79 Å². The average molecular weight is 566 g/mol. The number of aliphatic hydroxyl groups is 1. The molecule has 1 fully saturated rings. The number of nitro benzene ring substituents is 1. The lowest BCUT2D eigenvalue weighted by molar-refractivity contribution is -0.384. The second kappa shape index (κ2) is 13.3. The van der Waals surface area contributed by atoms with Gasteiger partial charge in [0.2, 0.25) is 0 Å². The smallest absolute Gasteiger partial charge is 0.407 e. The maximum absolute atomic E-state index is 13.6. The van der Waals surface area contributed by atoms with Crippen molar-refractivity contribution >= 4 is 21.8 Å². The molecule has 0 aliphatic carbocycles. The van der Waals surface area contributed by atoms with Crippen molar-refractivity contribution in [1.29, 1.82) is 0 Å². The van der Waals surface area contributed by atoms with Gasteiger partial charge in [-0.2, -0.15) is 0 Å². The van der Waals surface area contributed by atoms with Crippen LogP contribution < -0.4 is 5.32 Å². The molecule has 39 heavy (non-hydrogen) atoms. The molecule has 12 nitrogen and oxygen atoms in total. The molecule has 1 heterocycles. The maximum Gasteiger partial charge on any atom is 0.407 e. The van der Waals surface area contributed by atoms with Gasteiger partial charge in [0.1, 0.15) is 5.60 Å². The van der Waals surface area contributed by atoms with Crippen LogP contribution in [0.15, 0.2) is 59.5 Å². The Morgan fingerprint density at radius 3 is 2.33 bits per heavy atom. The lowest BCUT2D eigenvalue weighted by Crippen LogP contribution is -2.52. The van der Waals surface area contributed by atoms with E-state index in [9.17, 15) is 28.4 Å². The van der Waals surface area contributed by atoms with Crippen molar-refractivity contribution in [3.63, 3.8) is 0 Å². The SMILES string of the molecule is CC(C)(C)OC(=O)NC(Cc1ccccc1)[C@@H](O)CN(OC1CCOCC1)S(=O)(=O)c1ccc([N+](=O)[O-])cc1. The van der Waals surface area contributed by atoms with Crippen molar-refractivity contribution in [2.24, 2.45) is 0 Å². The van der Waals surface area contributed by atoms with Gasteiger partial charge in [0, 0.05) is 25.3 Å². The summed E-state index contributed by atoms with van der Waals surface area (Å²) in [5.41, 5.74) is -0.257. The number of hydroxylamine groups is 1. The number of amides is 1. The van der Waals surface area contributed by atoms with Gasteiger partial charge >= 0.3 is 6.09 Å². The molecule has 0 saturated carbocycles. The van der Waals surface area contributed by atoms with Gasteiger partial charge in [-0.15, -0.1) is 0 Å². The van der Waals surface area contributed by atoms with Crippen molar-refractivity contribution in [3.05, 3.63) is 70.3 Å². The minimum absolute atomic E-state index is 0.184. The number of hydrogen-bond acceptors (Lipinski definition) is 9. The number of carbonyl (C=O) groups is 1. The molecule has 0 aromatic heterocycles. The number of ether oxygens (including phenoxy) is 2. The minimum Gasteiger partial charge on any atom is -0.444 e. The predicted octanol–water partition coefficient (Wildman–Crippen LogP) is 3.19. The summed E-state index contributed by atoms with van der Waals surface area (Å²) >= 11 is 0. The zero-order valence-corrected chi connectivity index (χ0v) is 23.0. The van der Waals surface area contributed by atoms with Crippen molar-refractivity contribution in [2.45, 2.75) is 68.8 Å². The lowest BCUT2D eigenvalue weighted by atomic mass is 10.0. The predicted molar refractivity (Wildman–Crippen MR) is 141 cm³/mol. The molecule has 3 rings (SSSR count). The number of nitrogens with zero attached hydrogens (tertiary/aromatic N) is 2. The number of hydrogen-bond donors (Lipinski definition) is 2. The summed E-state index contributed by atoms with van der Waals surface area (Å²) in [4.78, 5) is 28.6. The van der Waals surface area contributed by atoms with Crippen LogP contribution in [0.4, 0.5) is 10.5 Å². The fourth-order valence-corrected chi connectivity index (χ4v) is 5.19. The van der Waals surface area contributed by atoms with Gasteiger partial charge in [-0.3, -0.25) is 15.0 Å². The van der Waals surface area contributed by atoms with Gasteiger partial charge in [0.05, 0.1) is 34.6 Å². The summed E-state index contributed by atoms with van der Waals surface area (Å²) in [5, 5.41) is 25.0. The van der Waals surface area contributed by atoms with E-state index < -0.39 is 51.4 Å². The number of rotatable bonds is 11. The topological polar surface area (TPSA) is 158 Å². The molecule has 2 N–H and O–H groups in total. The number of carbonyl (C=O) groups excluding carboxylic acids is 1. The third-order valence-electron chi connectivity index (χ3n) is 5.85. The molecule has 214 valence electrons. The molecule has 0 spiro atoms. The quantitative estimate of drug-likeness (QED) is 0.308. The van der Waals surface area contributed by atoms with E-state index in [4.69, 9.17) is 14.3 Å². The zero-order chi connectivity index (χ0) is 28.6. The number of aliphatic hydroxyl groups excluding tert-OH is 1. The second-order valence-corrected chi connectivity index (χ2v) is 12.0. The van der Waals surface area contributed by atoms with Crippen molar-refractivity contribution < 1.29 is 37.6 Å². The number of nitrogens with one attached hydrogen (secondary N) is 1. The first kappa shape index (κ1) is 30.4. The Bertz CT molecular complexity index is 1200. The van der Waals surface area contributed by atoms with Crippen molar-refractivity contribution in [3.8, 4) is 0 Å². The number of nitro groups is 1. The molecule has 2 atom stereocenters. The number of sulfonamides is 1. The Hall–Kier alpha value is -3.10. The third-order valence-corrected chi connectivity index (χ3v) is 7.49. The van der Waals surface area contributed by atoms with Crippen LogP contribution in [0.2, 0.25) is 0 Å². The van der Waals surface area contributed by atoms with Crippen LogP contribution in [0.3, 0.4) is 0 Å². The Labute approximate surface area is 228 Å². The Balaban J connectivity index is 1.88. The van der Waals surface area contributed by atoms with Gasteiger partial charge in [-0.25, -0.2) is 13.2 Å². The average Bonchev–Trinajstić information content (AvgIpc) is 2.88. The highest BCUT2D eigenvalue weighted by Crippen LogP contribution is 2.24. The van der Waals surface area contributed by atoms with Gasteiger partial charge in [-0.1, -0.05) is 34.8 Å². The molecule has 1 unspecified atom stereocenters. The van der Waals surface area contributed by atoms with Crippen LogP contribution >= 0.6 is 0 Å². The van der Waals surface area contributed by atoms with Gasteiger partial charge < -0.3 is 19.9 Å². The van der Waals surface area contributed by atoms with Crippen LogP contribution in [0.5, 0.6) is 0 Å². The van der Waals surface area contributed by atoms with Crippen LogP contribution in [0, 0.1) is 10.1 Å². The molecule has 2 aromatic rings. The fraction of sp³-hybridized carbons (Fsp3) is 0.500. The monoisotopic (exact) mass is 565 g/mol. The maximum atomic E-state index is 13.6. The summed E-state index contributed by atoms with van der Waals surface area (Å²) in [6, 6.07) is 12.5. The Kier molecular flexibility index (Phi) is 10.4. The van der Waals surface area contributed by atoms with Crippen LogP contribution in [0.25, 0.3) is 0 Å². The third kappa shape index (κ3) is 9.25. The Morgan fingerprint density at radius 1 is 1.15 bits per heavy atom. The fourth-order valence-electron chi connectivity index (χ4n) is 3.89. The number of non-ortho nitro benzene ring substituents is 1. The molecule has 1 aliphatic heterocycles. The summed E-state index contributed by atoms with van der Waals surface area (Å²) in [6.45, 7) is 5.36.